The maximum atomic E-state index is 10.4. The minimum atomic E-state index is -0.703. The Bertz CT molecular complexity index is 369. The molecular weight excluding hydrogens is 248 g/mol. The first-order valence-corrected chi connectivity index (χ1v) is 7.58. The van der Waals surface area contributed by atoms with Crippen molar-refractivity contribution in [3.63, 3.8) is 0 Å². The van der Waals surface area contributed by atoms with Gasteiger partial charge >= 0.3 is 5.97 Å². The van der Waals surface area contributed by atoms with E-state index in [1.807, 2.05) is 0 Å². The normalized spacial score (nSPS) is 12.4. The molecule has 1 N–H and O–H groups in total. The van der Waals surface area contributed by atoms with E-state index in [9.17, 15) is 4.79 Å². The maximum Gasteiger partial charge on any atom is 0.303 e. The summed E-state index contributed by atoms with van der Waals surface area (Å²) in [7, 11) is 0. The van der Waals surface area contributed by atoms with Crippen molar-refractivity contribution in [1.82, 2.24) is 0 Å². The highest BCUT2D eigenvalue weighted by Crippen LogP contribution is 2.12. The Morgan fingerprint density at radius 1 is 0.800 bits per heavy atom. The quantitative estimate of drug-likeness (QED) is 0.413. The van der Waals surface area contributed by atoms with Crippen molar-refractivity contribution in [3.05, 3.63) is 34.9 Å². The van der Waals surface area contributed by atoms with E-state index in [4.69, 9.17) is 5.11 Å². The second-order valence-electron chi connectivity index (χ2n) is 5.75. The Morgan fingerprint density at radius 3 is 1.80 bits per heavy atom. The van der Waals surface area contributed by atoms with Crippen LogP contribution in [0.4, 0.5) is 0 Å². The van der Waals surface area contributed by atoms with Crippen LogP contribution in [0.2, 0.25) is 0 Å². The van der Waals surface area contributed by atoms with Crippen LogP contribution < -0.4 is 0 Å². The van der Waals surface area contributed by atoms with E-state index in [2.05, 4.69) is 45.9 Å². The molecule has 0 amide bonds. The third-order valence-electron chi connectivity index (χ3n) is 3.21. The summed E-state index contributed by atoms with van der Waals surface area (Å²) in [5, 5.41) is 8.55. The average Bonchev–Trinajstić information content (AvgIpc) is 2.34. The summed E-state index contributed by atoms with van der Waals surface area (Å²) in [6, 6.07) is 0. The molecule has 2 nitrogen and oxygen atoms in total. The molecule has 0 aliphatic heterocycles. The molecule has 0 saturated carbocycles. The topological polar surface area (TPSA) is 37.3 Å². The lowest BCUT2D eigenvalue weighted by molar-refractivity contribution is -0.137. The smallest absolute Gasteiger partial charge is 0.303 e. The molecule has 0 aliphatic carbocycles. The van der Waals surface area contributed by atoms with Crippen LogP contribution in [0, 0.1) is 0 Å². The Labute approximate surface area is 124 Å². The zero-order chi connectivity index (χ0) is 15.4. The highest BCUT2D eigenvalue weighted by Gasteiger charge is 1.95. The summed E-state index contributed by atoms with van der Waals surface area (Å²) >= 11 is 0. The number of unbranched alkanes of at least 4 members (excludes halogenated alkanes) is 1. The van der Waals surface area contributed by atoms with Crippen molar-refractivity contribution >= 4 is 5.97 Å². The van der Waals surface area contributed by atoms with Crippen LogP contribution in [0.15, 0.2) is 34.9 Å². The molecule has 0 aromatic heterocycles. The van der Waals surface area contributed by atoms with Crippen LogP contribution in [0.1, 0.15) is 72.6 Å². The molecule has 0 atom stereocenters. The van der Waals surface area contributed by atoms with Gasteiger partial charge in [-0.25, -0.2) is 0 Å². The largest absolute Gasteiger partial charge is 0.481 e. The Kier molecular flexibility index (Phi) is 10.8. The lowest BCUT2D eigenvalue weighted by atomic mass is 10.1. The number of carbonyl (C=O) groups is 1. The highest BCUT2D eigenvalue weighted by atomic mass is 16.4. The van der Waals surface area contributed by atoms with Crippen LogP contribution in [-0.2, 0) is 4.79 Å². The van der Waals surface area contributed by atoms with E-state index >= 15 is 0 Å². The van der Waals surface area contributed by atoms with Crippen molar-refractivity contribution in [2.75, 3.05) is 0 Å². The van der Waals surface area contributed by atoms with Crippen molar-refractivity contribution in [1.29, 1.82) is 0 Å². The third-order valence-corrected chi connectivity index (χ3v) is 3.21. The number of carboxylic acid groups (broad SMARTS) is 1. The van der Waals surface area contributed by atoms with Gasteiger partial charge in [0.25, 0.3) is 0 Å². The monoisotopic (exact) mass is 278 g/mol. The molecule has 0 rings (SSSR count). The fourth-order valence-electron chi connectivity index (χ4n) is 1.94. The van der Waals surface area contributed by atoms with E-state index in [1.54, 1.807) is 0 Å². The fourth-order valence-corrected chi connectivity index (χ4v) is 1.94. The van der Waals surface area contributed by atoms with Crippen LogP contribution in [-0.4, -0.2) is 11.1 Å². The Hall–Kier alpha value is -1.31. The van der Waals surface area contributed by atoms with Gasteiger partial charge in [-0.3, -0.25) is 4.79 Å². The summed E-state index contributed by atoms with van der Waals surface area (Å²) < 4.78 is 0. The van der Waals surface area contributed by atoms with Crippen LogP contribution in [0.5, 0.6) is 0 Å². The lowest BCUT2D eigenvalue weighted by Crippen LogP contribution is -1.92. The Morgan fingerprint density at radius 2 is 1.30 bits per heavy atom. The van der Waals surface area contributed by atoms with Gasteiger partial charge in [-0.15, -0.1) is 0 Å². The van der Waals surface area contributed by atoms with Crippen LogP contribution >= 0.6 is 0 Å². The van der Waals surface area contributed by atoms with Crippen molar-refractivity contribution in [2.45, 2.75) is 72.6 Å². The summed E-state index contributed by atoms with van der Waals surface area (Å²) in [6.45, 7) is 8.60. The standard InChI is InChI=1S/C18H30O2/c1-15(2)9-7-11-17(4)13-8-12-16(3)10-5-6-14-18(19)20/h9-10,13H,5-8,11-12,14H2,1-4H3,(H,19,20)/b16-10+,17-13+. The molecule has 0 fully saturated rings. The van der Waals surface area contributed by atoms with Crippen molar-refractivity contribution in [3.8, 4) is 0 Å². The number of carboxylic acids is 1. The van der Waals surface area contributed by atoms with Gasteiger partial charge in [0.05, 0.1) is 0 Å². The zero-order valence-corrected chi connectivity index (χ0v) is 13.5. The molecule has 0 unspecified atom stereocenters. The second-order valence-corrected chi connectivity index (χ2v) is 5.75. The third kappa shape index (κ3) is 13.1. The predicted molar refractivity (Wildman–Crippen MR) is 86.9 cm³/mol. The first-order valence-electron chi connectivity index (χ1n) is 7.58. The second kappa shape index (κ2) is 11.5. The minimum absolute atomic E-state index is 0.271. The molecule has 0 heterocycles. The summed E-state index contributed by atoms with van der Waals surface area (Å²) in [5.74, 6) is -0.703. The van der Waals surface area contributed by atoms with E-state index in [0.29, 0.717) is 0 Å². The lowest BCUT2D eigenvalue weighted by Gasteiger charge is -2.01. The average molecular weight is 278 g/mol. The molecule has 114 valence electrons. The number of allylic oxidation sites excluding steroid dienone is 6. The fraction of sp³-hybridized carbons (Fsp3) is 0.611. The first kappa shape index (κ1) is 18.7. The highest BCUT2D eigenvalue weighted by molar-refractivity contribution is 5.66. The molecule has 0 aromatic rings. The molecule has 2 heteroatoms. The van der Waals surface area contributed by atoms with E-state index in [-0.39, 0.29) is 6.42 Å². The van der Waals surface area contributed by atoms with E-state index in [0.717, 1.165) is 38.5 Å². The minimum Gasteiger partial charge on any atom is -0.481 e. The van der Waals surface area contributed by atoms with Crippen molar-refractivity contribution < 1.29 is 9.90 Å². The molecule has 0 bridgehead atoms. The van der Waals surface area contributed by atoms with Gasteiger partial charge in [0.2, 0.25) is 0 Å². The molecule has 0 aliphatic rings. The molecule has 0 saturated heterocycles. The maximum absolute atomic E-state index is 10.4. The first-order chi connectivity index (χ1) is 9.41. The van der Waals surface area contributed by atoms with Crippen LogP contribution in [0.3, 0.4) is 0 Å². The summed E-state index contributed by atoms with van der Waals surface area (Å²) in [4.78, 5) is 10.4. The van der Waals surface area contributed by atoms with Crippen LogP contribution in [0.25, 0.3) is 0 Å². The summed E-state index contributed by atoms with van der Waals surface area (Å²) in [6.07, 6.45) is 13.1. The van der Waals surface area contributed by atoms with Gasteiger partial charge in [-0.2, -0.15) is 0 Å². The summed E-state index contributed by atoms with van der Waals surface area (Å²) in [5.41, 5.74) is 4.21. The predicted octanol–water partition coefficient (Wildman–Crippen LogP) is 5.66. The number of rotatable bonds is 10. The van der Waals surface area contributed by atoms with Gasteiger partial charge in [0.1, 0.15) is 0 Å². The van der Waals surface area contributed by atoms with Gasteiger partial charge in [0.15, 0.2) is 0 Å². The number of hydrogen-bond acceptors (Lipinski definition) is 1. The number of hydrogen-bond donors (Lipinski definition) is 1. The van der Waals surface area contributed by atoms with Gasteiger partial charge in [-0.1, -0.05) is 34.9 Å². The molecule has 0 radical (unpaired) electrons. The van der Waals surface area contributed by atoms with Gasteiger partial charge in [-0.05, 0) is 66.2 Å². The molecule has 0 aromatic carbocycles. The van der Waals surface area contributed by atoms with Gasteiger partial charge in [0, 0.05) is 6.42 Å². The number of aliphatic carboxylic acids is 1. The molecule has 0 spiro atoms. The Balaban J connectivity index is 3.82. The van der Waals surface area contributed by atoms with E-state index < -0.39 is 5.97 Å². The molecule has 20 heavy (non-hydrogen) atoms. The SMILES string of the molecule is CC(C)=CCC/C(C)=C/CC/C(C)=C/CCCC(=O)O. The zero-order valence-electron chi connectivity index (χ0n) is 13.5. The van der Waals surface area contributed by atoms with Crippen molar-refractivity contribution in [2.24, 2.45) is 0 Å². The van der Waals surface area contributed by atoms with E-state index in [1.165, 1.54) is 16.7 Å². The molecular formula is C18H30O2. The van der Waals surface area contributed by atoms with Gasteiger partial charge < -0.3 is 5.11 Å².